The van der Waals surface area contributed by atoms with Gasteiger partial charge in [-0.25, -0.2) is 8.42 Å². The monoisotopic (exact) mass is 479 g/mol. The van der Waals surface area contributed by atoms with Gasteiger partial charge in [0.25, 0.3) is 5.91 Å². The molecule has 7 nitrogen and oxygen atoms in total. The second-order valence-electron chi connectivity index (χ2n) is 6.71. The van der Waals surface area contributed by atoms with Crippen molar-refractivity contribution < 1.29 is 18.0 Å². The van der Waals surface area contributed by atoms with Crippen LogP contribution in [0.5, 0.6) is 0 Å². The van der Waals surface area contributed by atoms with Gasteiger partial charge in [-0.2, -0.15) is 4.31 Å². The van der Waals surface area contributed by atoms with Gasteiger partial charge in [0.05, 0.1) is 12.3 Å². The molecule has 0 saturated carbocycles. The zero-order valence-electron chi connectivity index (χ0n) is 15.8. The molecule has 29 heavy (non-hydrogen) atoms. The third-order valence-corrected chi connectivity index (χ3v) is 7.01. The highest BCUT2D eigenvalue weighted by molar-refractivity contribution is 9.10. The van der Waals surface area contributed by atoms with E-state index in [1.165, 1.54) is 4.31 Å². The lowest BCUT2D eigenvalue weighted by molar-refractivity contribution is -0.131. The Morgan fingerprint density at radius 2 is 1.66 bits per heavy atom. The Bertz CT molecular complexity index is 974. The van der Waals surface area contributed by atoms with Gasteiger partial charge in [-0.1, -0.05) is 52.3 Å². The minimum Gasteiger partial charge on any atom is -0.343 e. The molecule has 1 saturated heterocycles. The number of benzene rings is 2. The van der Waals surface area contributed by atoms with Gasteiger partial charge in [0.1, 0.15) is 0 Å². The molecule has 0 atom stereocenters. The van der Waals surface area contributed by atoms with Crippen molar-refractivity contribution in [1.82, 2.24) is 14.5 Å². The lowest BCUT2D eigenvalue weighted by atomic mass is 10.2. The molecule has 0 aromatic heterocycles. The zero-order valence-corrected chi connectivity index (χ0v) is 18.2. The molecule has 1 fully saturated rings. The Morgan fingerprint density at radius 3 is 2.31 bits per heavy atom. The molecule has 1 aliphatic heterocycles. The van der Waals surface area contributed by atoms with Crippen molar-refractivity contribution in [3.63, 3.8) is 0 Å². The molecule has 9 heteroatoms. The Morgan fingerprint density at radius 1 is 0.966 bits per heavy atom. The first-order valence-corrected chi connectivity index (χ1v) is 11.6. The van der Waals surface area contributed by atoms with E-state index in [0.717, 1.165) is 10.0 Å². The fraction of sp³-hybridized carbons (Fsp3) is 0.300. The Balaban J connectivity index is 1.48. The number of rotatable bonds is 6. The van der Waals surface area contributed by atoms with Crippen LogP contribution in [0.15, 0.2) is 59.1 Å². The van der Waals surface area contributed by atoms with E-state index in [2.05, 4.69) is 21.2 Å². The summed E-state index contributed by atoms with van der Waals surface area (Å²) in [6, 6.07) is 15.9. The van der Waals surface area contributed by atoms with Crippen LogP contribution in [0.2, 0.25) is 0 Å². The van der Waals surface area contributed by atoms with E-state index in [-0.39, 0.29) is 37.2 Å². The van der Waals surface area contributed by atoms with Gasteiger partial charge in [-0.05, 0) is 23.8 Å². The highest BCUT2D eigenvalue weighted by Gasteiger charge is 2.29. The van der Waals surface area contributed by atoms with Crippen molar-refractivity contribution in [1.29, 1.82) is 0 Å². The van der Waals surface area contributed by atoms with Crippen LogP contribution in [0.1, 0.15) is 15.9 Å². The lowest BCUT2D eigenvalue weighted by Crippen LogP contribution is -2.52. The molecule has 1 N–H and O–H groups in total. The highest BCUT2D eigenvalue weighted by atomic mass is 79.9. The van der Waals surface area contributed by atoms with Gasteiger partial charge >= 0.3 is 0 Å². The first-order valence-electron chi connectivity index (χ1n) is 9.18. The van der Waals surface area contributed by atoms with E-state index in [0.29, 0.717) is 18.7 Å². The summed E-state index contributed by atoms with van der Waals surface area (Å²) in [5.41, 5.74) is 1.20. The summed E-state index contributed by atoms with van der Waals surface area (Å²) in [4.78, 5) is 26.1. The van der Waals surface area contributed by atoms with Crippen LogP contribution in [0.3, 0.4) is 0 Å². The fourth-order valence-electron chi connectivity index (χ4n) is 3.09. The third kappa shape index (κ3) is 5.88. The van der Waals surface area contributed by atoms with Crippen LogP contribution in [0.25, 0.3) is 0 Å². The number of hydrogen-bond donors (Lipinski definition) is 1. The average molecular weight is 480 g/mol. The van der Waals surface area contributed by atoms with Crippen molar-refractivity contribution >= 4 is 37.8 Å². The quantitative estimate of drug-likeness (QED) is 0.684. The summed E-state index contributed by atoms with van der Waals surface area (Å²) >= 11 is 3.31. The predicted octanol–water partition coefficient (Wildman–Crippen LogP) is 1.85. The third-order valence-electron chi connectivity index (χ3n) is 4.66. The van der Waals surface area contributed by atoms with Crippen LogP contribution in [0, 0.1) is 0 Å². The maximum atomic E-state index is 12.6. The molecular weight excluding hydrogens is 458 g/mol. The molecule has 0 bridgehead atoms. The van der Waals surface area contributed by atoms with Crippen molar-refractivity contribution in [2.24, 2.45) is 0 Å². The fourth-order valence-corrected chi connectivity index (χ4v) is 5.01. The number of amides is 2. The van der Waals surface area contributed by atoms with Gasteiger partial charge in [0.15, 0.2) is 0 Å². The summed E-state index contributed by atoms with van der Waals surface area (Å²) < 4.78 is 27.4. The molecule has 0 radical (unpaired) electrons. The van der Waals surface area contributed by atoms with Crippen LogP contribution in [-0.4, -0.2) is 62.2 Å². The topological polar surface area (TPSA) is 86.8 Å². The minimum atomic E-state index is -3.43. The SMILES string of the molecule is O=C(NCC(=O)N1CCN(S(=O)(=O)Cc2ccccc2)CC1)c1cccc(Br)c1. The molecule has 0 unspecified atom stereocenters. The molecule has 2 amide bonds. The number of halogens is 1. The van der Waals surface area contributed by atoms with Crippen LogP contribution < -0.4 is 5.32 Å². The largest absolute Gasteiger partial charge is 0.343 e. The summed E-state index contributed by atoms with van der Waals surface area (Å²) in [5.74, 6) is -0.609. The number of hydrogen-bond acceptors (Lipinski definition) is 4. The second kappa shape index (κ2) is 9.51. The second-order valence-corrected chi connectivity index (χ2v) is 9.60. The summed E-state index contributed by atoms with van der Waals surface area (Å²) in [6.45, 7) is 0.988. The van der Waals surface area contributed by atoms with Gasteiger partial charge < -0.3 is 10.2 Å². The van der Waals surface area contributed by atoms with E-state index in [9.17, 15) is 18.0 Å². The first kappa shape index (κ1) is 21.5. The molecule has 0 spiro atoms. The number of piperazine rings is 1. The van der Waals surface area contributed by atoms with Crippen LogP contribution >= 0.6 is 15.9 Å². The van der Waals surface area contributed by atoms with E-state index >= 15 is 0 Å². The lowest BCUT2D eigenvalue weighted by Gasteiger charge is -2.34. The Kier molecular flexibility index (Phi) is 7.05. The Labute approximate surface area is 178 Å². The molecule has 1 heterocycles. The number of nitrogens with zero attached hydrogens (tertiary/aromatic N) is 2. The van der Waals surface area contributed by atoms with E-state index in [1.54, 1.807) is 35.2 Å². The van der Waals surface area contributed by atoms with Crippen LogP contribution in [-0.2, 0) is 20.6 Å². The van der Waals surface area contributed by atoms with Crippen molar-refractivity contribution in [3.8, 4) is 0 Å². The molecule has 1 aliphatic rings. The Hall–Kier alpha value is -2.23. The summed E-state index contributed by atoms with van der Waals surface area (Å²) in [7, 11) is -3.43. The van der Waals surface area contributed by atoms with Gasteiger partial charge in [-0.15, -0.1) is 0 Å². The smallest absolute Gasteiger partial charge is 0.251 e. The average Bonchev–Trinajstić information content (AvgIpc) is 2.72. The molecule has 2 aromatic carbocycles. The number of carbonyl (C=O) groups is 2. The standard InChI is InChI=1S/C20H22BrN3O4S/c21-18-8-4-7-17(13-18)20(26)22-14-19(25)23-9-11-24(12-10-23)29(27,28)15-16-5-2-1-3-6-16/h1-8,13H,9-12,14-15H2,(H,22,26). The number of carbonyl (C=O) groups excluding carboxylic acids is 2. The molecule has 0 aliphatic carbocycles. The van der Waals surface area contributed by atoms with Gasteiger partial charge in [0.2, 0.25) is 15.9 Å². The summed E-state index contributed by atoms with van der Waals surface area (Å²) in [5, 5.41) is 2.61. The maximum absolute atomic E-state index is 12.6. The van der Waals surface area contributed by atoms with E-state index < -0.39 is 10.0 Å². The minimum absolute atomic E-state index is 0.0511. The van der Waals surface area contributed by atoms with E-state index in [4.69, 9.17) is 0 Å². The zero-order chi connectivity index (χ0) is 20.9. The molecule has 154 valence electrons. The molecule has 3 rings (SSSR count). The molecule has 2 aromatic rings. The highest BCUT2D eigenvalue weighted by Crippen LogP contribution is 2.14. The predicted molar refractivity (Wildman–Crippen MR) is 114 cm³/mol. The first-order chi connectivity index (χ1) is 13.8. The summed E-state index contributed by atoms with van der Waals surface area (Å²) in [6.07, 6.45) is 0. The maximum Gasteiger partial charge on any atom is 0.251 e. The van der Waals surface area contributed by atoms with Crippen LogP contribution in [0.4, 0.5) is 0 Å². The number of sulfonamides is 1. The van der Waals surface area contributed by atoms with Crippen molar-refractivity contribution in [3.05, 3.63) is 70.2 Å². The van der Waals surface area contributed by atoms with Gasteiger partial charge in [-0.3, -0.25) is 9.59 Å². The van der Waals surface area contributed by atoms with E-state index in [1.807, 2.05) is 24.3 Å². The number of nitrogens with one attached hydrogen (secondary N) is 1. The molecular formula is C20H22BrN3O4S. The van der Waals surface area contributed by atoms with Gasteiger partial charge in [0, 0.05) is 36.2 Å². The van der Waals surface area contributed by atoms with Crippen molar-refractivity contribution in [2.75, 3.05) is 32.7 Å². The normalized spacial score (nSPS) is 15.1. The van der Waals surface area contributed by atoms with Crippen molar-refractivity contribution in [2.45, 2.75) is 5.75 Å².